The second-order valence-corrected chi connectivity index (χ2v) is 4.79. The zero-order chi connectivity index (χ0) is 12.3. The fraction of sp³-hybridized carbons (Fsp3) is 0.462. The lowest BCUT2D eigenvalue weighted by molar-refractivity contribution is 0.0680. The summed E-state index contributed by atoms with van der Waals surface area (Å²) >= 11 is 4.22. The Bertz CT molecular complexity index is 387. The normalized spacial score (nSPS) is 14.7. The number of carbonyl (C=O) groups excluding carboxylic acids is 1. The Balaban J connectivity index is 2.07. The quantitative estimate of drug-likeness (QED) is 0.813. The van der Waals surface area contributed by atoms with E-state index in [9.17, 15) is 4.79 Å². The number of carbonyl (C=O) groups is 1. The molecule has 3 nitrogen and oxygen atoms in total. The van der Waals surface area contributed by atoms with Crippen molar-refractivity contribution in [2.24, 2.45) is 0 Å². The van der Waals surface area contributed by atoms with Gasteiger partial charge in [0.25, 0.3) is 5.91 Å². The molecule has 0 atom stereocenters. The molecule has 0 radical (unpaired) electrons. The van der Waals surface area contributed by atoms with Crippen LogP contribution >= 0.6 is 12.6 Å². The average molecular weight is 251 g/mol. The summed E-state index contributed by atoms with van der Waals surface area (Å²) in [7, 11) is 1.66. The van der Waals surface area contributed by atoms with Crippen LogP contribution in [-0.4, -0.2) is 37.1 Å². The van der Waals surface area contributed by atoms with Gasteiger partial charge in [-0.1, -0.05) is 0 Å². The molecule has 0 saturated heterocycles. The molecule has 92 valence electrons. The van der Waals surface area contributed by atoms with Crippen LogP contribution in [0.5, 0.6) is 0 Å². The highest BCUT2D eigenvalue weighted by molar-refractivity contribution is 7.80. The van der Waals surface area contributed by atoms with E-state index in [4.69, 9.17) is 4.74 Å². The molecular formula is C13H17NO2S. The van der Waals surface area contributed by atoms with E-state index < -0.39 is 0 Å². The average Bonchev–Trinajstić information content (AvgIpc) is 3.14. The van der Waals surface area contributed by atoms with Crippen molar-refractivity contribution >= 4 is 18.5 Å². The molecule has 0 heterocycles. The fourth-order valence-corrected chi connectivity index (χ4v) is 1.94. The number of ether oxygens (including phenoxy) is 1. The first-order valence-electron chi connectivity index (χ1n) is 5.81. The van der Waals surface area contributed by atoms with Gasteiger partial charge >= 0.3 is 0 Å². The smallest absolute Gasteiger partial charge is 0.254 e. The van der Waals surface area contributed by atoms with Crippen molar-refractivity contribution in [1.29, 1.82) is 0 Å². The zero-order valence-corrected chi connectivity index (χ0v) is 10.8. The fourth-order valence-electron chi connectivity index (χ4n) is 1.80. The minimum Gasteiger partial charge on any atom is -0.383 e. The predicted molar refractivity (Wildman–Crippen MR) is 69.6 cm³/mol. The lowest BCUT2D eigenvalue weighted by Gasteiger charge is -2.22. The van der Waals surface area contributed by atoms with E-state index in [2.05, 4.69) is 12.6 Å². The van der Waals surface area contributed by atoms with Crippen molar-refractivity contribution in [3.05, 3.63) is 29.8 Å². The molecule has 0 bridgehead atoms. The third-order valence-electron chi connectivity index (χ3n) is 2.90. The molecule has 1 saturated carbocycles. The lowest BCUT2D eigenvalue weighted by atomic mass is 10.2. The lowest BCUT2D eigenvalue weighted by Crippen LogP contribution is -2.35. The summed E-state index contributed by atoms with van der Waals surface area (Å²) in [4.78, 5) is 15.1. The highest BCUT2D eigenvalue weighted by Gasteiger charge is 2.32. The van der Waals surface area contributed by atoms with Crippen molar-refractivity contribution in [3.63, 3.8) is 0 Å². The largest absolute Gasteiger partial charge is 0.383 e. The number of rotatable bonds is 5. The standard InChI is InChI=1S/C13H17NO2S/c1-16-9-8-14(11-4-5-11)13(15)10-2-6-12(17)7-3-10/h2-3,6-7,11,17H,4-5,8-9H2,1H3. The summed E-state index contributed by atoms with van der Waals surface area (Å²) in [5.41, 5.74) is 0.728. The maximum Gasteiger partial charge on any atom is 0.254 e. The van der Waals surface area contributed by atoms with Crippen molar-refractivity contribution in [2.75, 3.05) is 20.3 Å². The number of thiol groups is 1. The second kappa shape index (κ2) is 5.56. The van der Waals surface area contributed by atoms with Crippen LogP contribution in [0, 0.1) is 0 Å². The Morgan fingerprint density at radius 3 is 2.59 bits per heavy atom. The number of amides is 1. The molecule has 0 aliphatic heterocycles. The van der Waals surface area contributed by atoms with E-state index in [0.29, 0.717) is 19.2 Å². The van der Waals surface area contributed by atoms with Gasteiger partial charge in [0.15, 0.2) is 0 Å². The van der Waals surface area contributed by atoms with Gasteiger partial charge in [-0.05, 0) is 37.1 Å². The molecule has 1 fully saturated rings. The van der Waals surface area contributed by atoms with E-state index in [1.54, 1.807) is 7.11 Å². The van der Waals surface area contributed by atoms with Crippen molar-refractivity contribution in [1.82, 2.24) is 4.90 Å². The van der Waals surface area contributed by atoms with Crippen molar-refractivity contribution < 1.29 is 9.53 Å². The molecule has 17 heavy (non-hydrogen) atoms. The van der Waals surface area contributed by atoms with Gasteiger partial charge in [-0.3, -0.25) is 4.79 Å². The predicted octanol–water partition coefficient (Wildman–Crippen LogP) is 2.23. The minimum absolute atomic E-state index is 0.0953. The van der Waals surface area contributed by atoms with Gasteiger partial charge in [-0.15, -0.1) is 12.6 Å². The SMILES string of the molecule is COCCN(C(=O)c1ccc(S)cc1)C1CC1. The first-order valence-corrected chi connectivity index (χ1v) is 6.26. The summed E-state index contributed by atoms with van der Waals surface area (Å²) in [6.07, 6.45) is 2.22. The molecule has 0 unspecified atom stereocenters. The topological polar surface area (TPSA) is 29.5 Å². The number of benzene rings is 1. The van der Waals surface area contributed by atoms with Gasteiger partial charge in [-0.25, -0.2) is 0 Å². The van der Waals surface area contributed by atoms with Crippen molar-refractivity contribution in [3.8, 4) is 0 Å². The molecule has 0 aromatic heterocycles. The molecule has 0 spiro atoms. The molecule has 1 aliphatic rings. The number of methoxy groups -OCH3 is 1. The van der Waals surface area contributed by atoms with Gasteiger partial charge in [0.05, 0.1) is 6.61 Å². The van der Waals surface area contributed by atoms with Crippen LogP contribution in [0.4, 0.5) is 0 Å². The van der Waals surface area contributed by atoms with E-state index in [0.717, 1.165) is 23.3 Å². The number of hydrogen-bond acceptors (Lipinski definition) is 3. The third kappa shape index (κ3) is 3.23. The maximum atomic E-state index is 12.3. The molecule has 1 aliphatic carbocycles. The van der Waals surface area contributed by atoms with E-state index in [-0.39, 0.29) is 5.91 Å². The van der Waals surface area contributed by atoms with Crippen LogP contribution in [-0.2, 0) is 4.74 Å². The maximum absolute atomic E-state index is 12.3. The Morgan fingerprint density at radius 1 is 1.41 bits per heavy atom. The first-order chi connectivity index (χ1) is 8.22. The molecular weight excluding hydrogens is 234 g/mol. The highest BCUT2D eigenvalue weighted by Crippen LogP contribution is 2.28. The molecule has 1 amide bonds. The monoisotopic (exact) mass is 251 g/mol. The molecule has 1 aromatic rings. The van der Waals surface area contributed by atoms with Crippen LogP contribution in [0.15, 0.2) is 29.2 Å². The summed E-state index contributed by atoms with van der Waals surface area (Å²) in [5.74, 6) is 0.0953. The first kappa shape index (κ1) is 12.5. The Labute approximate surface area is 107 Å². The third-order valence-corrected chi connectivity index (χ3v) is 3.20. The summed E-state index contributed by atoms with van der Waals surface area (Å²) < 4.78 is 5.05. The van der Waals surface area contributed by atoms with Gasteiger partial charge in [0.2, 0.25) is 0 Å². The Morgan fingerprint density at radius 2 is 2.06 bits per heavy atom. The minimum atomic E-state index is 0.0953. The summed E-state index contributed by atoms with van der Waals surface area (Å²) in [5, 5.41) is 0. The molecule has 4 heteroatoms. The van der Waals surface area contributed by atoms with Gasteiger partial charge in [0.1, 0.15) is 0 Å². The zero-order valence-electron chi connectivity index (χ0n) is 9.93. The van der Waals surface area contributed by atoms with Crippen LogP contribution in [0.25, 0.3) is 0 Å². The second-order valence-electron chi connectivity index (χ2n) is 4.27. The van der Waals surface area contributed by atoms with E-state index in [1.807, 2.05) is 29.2 Å². The molecule has 0 N–H and O–H groups in total. The van der Waals surface area contributed by atoms with Gasteiger partial charge < -0.3 is 9.64 Å². The van der Waals surface area contributed by atoms with Crippen LogP contribution in [0.1, 0.15) is 23.2 Å². The van der Waals surface area contributed by atoms with E-state index in [1.165, 1.54) is 0 Å². The molecule has 1 aromatic carbocycles. The van der Waals surface area contributed by atoms with Gasteiger partial charge in [0, 0.05) is 30.2 Å². The summed E-state index contributed by atoms with van der Waals surface area (Å²) in [6, 6.07) is 7.75. The highest BCUT2D eigenvalue weighted by atomic mass is 32.1. The summed E-state index contributed by atoms with van der Waals surface area (Å²) in [6.45, 7) is 1.26. The van der Waals surface area contributed by atoms with Crippen LogP contribution in [0.3, 0.4) is 0 Å². The van der Waals surface area contributed by atoms with Gasteiger partial charge in [-0.2, -0.15) is 0 Å². The van der Waals surface area contributed by atoms with Crippen LogP contribution < -0.4 is 0 Å². The Hall–Kier alpha value is -1.00. The molecule has 2 rings (SSSR count). The number of nitrogens with zero attached hydrogens (tertiary/aromatic N) is 1. The van der Waals surface area contributed by atoms with E-state index >= 15 is 0 Å². The van der Waals surface area contributed by atoms with Crippen molar-refractivity contribution in [2.45, 2.75) is 23.8 Å². The number of hydrogen-bond donors (Lipinski definition) is 1. The Kier molecular flexibility index (Phi) is 4.07. The van der Waals surface area contributed by atoms with Crippen LogP contribution in [0.2, 0.25) is 0 Å².